The molecule has 0 aliphatic carbocycles. The lowest BCUT2D eigenvalue weighted by Gasteiger charge is -2.25. The fourth-order valence-electron chi connectivity index (χ4n) is 1.19. The van der Waals surface area contributed by atoms with E-state index in [2.05, 4.69) is 0 Å². The van der Waals surface area contributed by atoms with Gasteiger partial charge in [0.15, 0.2) is 6.10 Å². The molecule has 0 aliphatic rings. The molecule has 0 heterocycles. The summed E-state index contributed by atoms with van der Waals surface area (Å²) in [5, 5.41) is 0.694. The van der Waals surface area contributed by atoms with Crippen LogP contribution in [-0.2, 0) is 9.53 Å². The van der Waals surface area contributed by atoms with E-state index in [1.807, 2.05) is 0 Å². The van der Waals surface area contributed by atoms with Gasteiger partial charge in [-0.2, -0.15) is 0 Å². The van der Waals surface area contributed by atoms with Crippen LogP contribution in [-0.4, -0.2) is 9.76 Å². The molecule has 1 aromatic rings. The maximum atomic E-state index is 11.0. The number of hydrogen-bond acceptors (Lipinski definition) is 2. The summed E-state index contributed by atoms with van der Waals surface area (Å²) >= 11 is 29.0. The molecule has 2 nitrogen and oxygen atoms in total. The molecule has 7 heteroatoms. The van der Waals surface area contributed by atoms with Crippen LogP contribution in [0.1, 0.15) is 18.6 Å². The number of alkyl halides is 3. The van der Waals surface area contributed by atoms with Crippen molar-refractivity contribution in [3.63, 3.8) is 0 Å². The van der Waals surface area contributed by atoms with E-state index < -0.39 is 15.9 Å². The predicted molar refractivity (Wildman–Crippen MR) is 71.3 cm³/mol. The molecule has 0 aliphatic heterocycles. The molecule has 0 fully saturated rings. The average Bonchev–Trinajstić information content (AvgIpc) is 2.13. The van der Waals surface area contributed by atoms with Crippen LogP contribution in [0, 0.1) is 0 Å². The zero-order valence-electron chi connectivity index (χ0n) is 8.52. The molecule has 94 valence electrons. The van der Waals surface area contributed by atoms with Crippen molar-refractivity contribution in [3.05, 3.63) is 33.8 Å². The predicted octanol–water partition coefficient (Wildman–Crippen LogP) is 4.97. The highest BCUT2D eigenvalue weighted by Gasteiger charge is 2.38. The average molecular weight is 336 g/mol. The van der Waals surface area contributed by atoms with Crippen LogP contribution in [0.3, 0.4) is 0 Å². The summed E-state index contributed by atoms with van der Waals surface area (Å²) in [5.41, 5.74) is 0.381. The van der Waals surface area contributed by atoms with Gasteiger partial charge in [0.2, 0.25) is 3.79 Å². The fourth-order valence-corrected chi connectivity index (χ4v) is 2.18. The number of rotatable bonds is 2. The summed E-state index contributed by atoms with van der Waals surface area (Å²) in [6.07, 6.45) is -1.09. The first-order valence-corrected chi connectivity index (χ1v) is 6.29. The molecule has 0 saturated heterocycles. The fraction of sp³-hybridized carbons (Fsp3) is 0.300. The Hall–Kier alpha value is 0.140. The first-order valence-electron chi connectivity index (χ1n) is 4.40. The lowest BCUT2D eigenvalue weighted by molar-refractivity contribution is -0.146. The summed E-state index contributed by atoms with van der Waals surface area (Å²) in [4.78, 5) is 11.0. The Morgan fingerprint density at radius 1 is 1.29 bits per heavy atom. The van der Waals surface area contributed by atoms with Gasteiger partial charge in [-0.15, -0.1) is 0 Å². The van der Waals surface area contributed by atoms with Gasteiger partial charge in [0.05, 0.1) is 0 Å². The van der Waals surface area contributed by atoms with Gasteiger partial charge in [-0.25, -0.2) is 0 Å². The minimum Gasteiger partial charge on any atom is -0.453 e. The van der Waals surface area contributed by atoms with Crippen LogP contribution in [0.5, 0.6) is 0 Å². The van der Waals surface area contributed by atoms with Gasteiger partial charge in [-0.05, 0) is 12.1 Å². The van der Waals surface area contributed by atoms with E-state index in [1.165, 1.54) is 13.0 Å². The zero-order valence-corrected chi connectivity index (χ0v) is 12.3. The molecule has 1 aromatic carbocycles. The number of carbonyl (C=O) groups is 1. The van der Waals surface area contributed by atoms with Gasteiger partial charge in [0, 0.05) is 22.5 Å². The standard InChI is InChI=1S/C10H7Cl5O2/c1-5(16)17-9(10(13,14)15)7-3-2-6(11)4-8(7)12/h2-4,9H,1H3. The van der Waals surface area contributed by atoms with E-state index >= 15 is 0 Å². The molecule has 1 atom stereocenters. The quantitative estimate of drug-likeness (QED) is 0.563. The van der Waals surface area contributed by atoms with Crippen molar-refractivity contribution in [2.45, 2.75) is 16.8 Å². The first-order chi connectivity index (χ1) is 7.71. The molecule has 1 unspecified atom stereocenters. The molecule has 0 N–H and O–H groups in total. The monoisotopic (exact) mass is 334 g/mol. The van der Waals surface area contributed by atoms with E-state index in [4.69, 9.17) is 62.7 Å². The molecule has 0 saturated carbocycles. The smallest absolute Gasteiger partial charge is 0.303 e. The second-order valence-electron chi connectivity index (χ2n) is 3.20. The van der Waals surface area contributed by atoms with Crippen LogP contribution < -0.4 is 0 Å². The highest BCUT2D eigenvalue weighted by atomic mass is 35.6. The van der Waals surface area contributed by atoms with E-state index in [0.717, 1.165) is 0 Å². The van der Waals surface area contributed by atoms with Crippen LogP contribution in [0.15, 0.2) is 18.2 Å². The van der Waals surface area contributed by atoms with E-state index in [0.29, 0.717) is 10.6 Å². The number of carbonyl (C=O) groups excluding carboxylic acids is 1. The Morgan fingerprint density at radius 3 is 2.29 bits per heavy atom. The third-order valence-electron chi connectivity index (χ3n) is 1.83. The number of esters is 1. The molecule has 0 aromatic heterocycles. The van der Waals surface area contributed by atoms with Crippen LogP contribution in [0.4, 0.5) is 0 Å². The Labute approximate surface area is 124 Å². The van der Waals surface area contributed by atoms with E-state index in [-0.39, 0.29) is 5.02 Å². The SMILES string of the molecule is CC(=O)OC(c1ccc(Cl)cc1Cl)C(Cl)(Cl)Cl. The molecule has 17 heavy (non-hydrogen) atoms. The summed E-state index contributed by atoms with van der Waals surface area (Å²) in [6.45, 7) is 1.22. The summed E-state index contributed by atoms with van der Waals surface area (Å²) in [7, 11) is 0. The second kappa shape index (κ2) is 5.85. The lowest BCUT2D eigenvalue weighted by Crippen LogP contribution is -2.22. The summed E-state index contributed by atoms with van der Waals surface area (Å²) in [6, 6.07) is 4.58. The Balaban J connectivity index is 3.17. The van der Waals surface area contributed by atoms with Gasteiger partial charge in [-0.3, -0.25) is 4.79 Å². The molecule has 1 rings (SSSR count). The normalized spacial score (nSPS) is 13.3. The lowest BCUT2D eigenvalue weighted by atomic mass is 10.1. The first kappa shape index (κ1) is 15.2. The third kappa shape index (κ3) is 4.38. The van der Waals surface area contributed by atoms with Gasteiger partial charge in [0.25, 0.3) is 0 Å². The van der Waals surface area contributed by atoms with Crippen molar-refractivity contribution < 1.29 is 9.53 Å². The highest BCUT2D eigenvalue weighted by Crippen LogP contribution is 2.44. The Bertz CT molecular complexity index is 427. The van der Waals surface area contributed by atoms with Crippen molar-refractivity contribution in [3.8, 4) is 0 Å². The van der Waals surface area contributed by atoms with E-state index in [9.17, 15) is 4.79 Å². The maximum absolute atomic E-state index is 11.0. The molecule has 0 spiro atoms. The molecular formula is C10H7Cl5O2. The number of hydrogen-bond donors (Lipinski definition) is 0. The minimum atomic E-state index is -1.82. The maximum Gasteiger partial charge on any atom is 0.303 e. The number of ether oxygens (including phenoxy) is 1. The Kier molecular flexibility index (Phi) is 5.23. The topological polar surface area (TPSA) is 26.3 Å². The van der Waals surface area contributed by atoms with Crippen molar-refractivity contribution in [2.75, 3.05) is 0 Å². The Morgan fingerprint density at radius 2 is 1.88 bits per heavy atom. The van der Waals surface area contributed by atoms with Crippen LogP contribution in [0.2, 0.25) is 10.0 Å². The van der Waals surface area contributed by atoms with Crippen molar-refractivity contribution in [2.24, 2.45) is 0 Å². The van der Waals surface area contributed by atoms with Crippen LogP contribution in [0.25, 0.3) is 0 Å². The second-order valence-corrected chi connectivity index (χ2v) is 6.41. The van der Waals surface area contributed by atoms with Gasteiger partial charge < -0.3 is 4.74 Å². The van der Waals surface area contributed by atoms with Crippen molar-refractivity contribution in [1.82, 2.24) is 0 Å². The molecule has 0 amide bonds. The van der Waals surface area contributed by atoms with Crippen LogP contribution >= 0.6 is 58.0 Å². The highest BCUT2D eigenvalue weighted by molar-refractivity contribution is 6.68. The minimum absolute atomic E-state index is 0.259. The largest absolute Gasteiger partial charge is 0.453 e. The van der Waals surface area contributed by atoms with Crippen molar-refractivity contribution >= 4 is 64.0 Å². The van der Waals surface area contributed by atoms with E-state index in [1.54, 1.807) is 12.1 Å². The summed E-state index contributed by atoms with van der Waals surface area (Å²) in [5.74, 6) is -0.577. The summed E-state index contributed by atoms with van der Waals surface area (Å²) < 4.78 is 3.14. The molecule has 0 radical (unpaired) electrons. The molecule has 0 bridgehead atoms. The number of benzene rings is 1. The van der Waals surface area contributed by atoms with Gasteiger partial charge in [-0.1, -0.05) is 64.1 Å². The number of halogens is 5. The third-order valence-corrected chi connectivity index (χ3v) is 2.98. The van der Waals surface area contributed by atoms with Crippen molar-refractivity contribution in [1.29, 1.82) is 0 Å². The van der Waals surface area contributed by atoms with Gasteiger partial charge >= 0.3 is 5.97 Å². The molecular weight excluding hydrogens is 329 g/mol. The van der Waals surface area contributed by atoms with Gasteiger partial charge in [0.1, 0.15) is 0 Å². The zero-order chi connectivity index (χ0) is 13.2.